The van der Waals surface area contributed by atoms with Crippen LogP contribution in [0, 0.1) is 40.7 Å². The molecule has 0 fully saturated rings. The Labute approximate surface area is 195 Å². The van der Waals surface area contributed by atoms with Crippen LogP contribution in [0.2, 0.25) is 12.6 Å². The average molecular weight is 466 g/mol. The number of allylic oxidation sites excluding steroid dienone is 4. The quantitative estimate of drug-likeness (QED) is 0.314. The Bertz CT molecular complexity index is 624. The Morgan fingerprint density at radius 3 is 1.73 bits per heavy atom. The van der Waals surface area contributed by atoms with Crippen LogP contribution in [0.3, 0.4) is 0 Å². The first-order chi connectivity index (χ1) is 10.3. The zero-order valence-corrected chi connectivity index (χ0v) is 21.9. The van der Waals surface area contributed by atoms with Crippen molar-refractivity contribution in [1.82, 2.24) is 0 Å². The summed E-state index contributed by atoms with van der Waals surface area (Å²) in [5, 5.41) is 3.23. The molecule has 0 radical (unpaired) electrons. The van der Waals surface area contributed by atoms with Crippen LogP contribution in [-0.4, -0.2) is 8.07 Å². The summed E-state index contributed by atoms with van der Waals surface area (Å²) in [6.07, 6.45) is 11.9. The fraction of sp³-hybridized carbons (Fsp3) is 0.524. The third-order valence-corrected chi connectivity index (χ3v) is 10.6. The molecule has 1 atom stereocenters. The van der Waals surface area contributed by atoms with Gasteiger partial charge in [0.1, 0.15) is 0 Å². The fourth-order valence-corrected chi connectivity index (χ4v) is 8.89. The zero-order valence-electron chi connectivity index (χ0n) is 17.1. The van der Waals surface area contributed by atoms with Gasteiger partial charge in [0.25, 0.3) is 0 Å². The molecule has 0 amide bonds. The van der Waals surface area contributed by atoms with Crippen molar-refractivity contribution in [3.63, 3.8) is 0 Å². The molecular formula is C21H31Cl3SiTi. The van der Waals surface area contributed by atoms with Gasteiger partial charge >= 0.3 is 21.7 Å². The van der Waals surface area contributed by atoms with Crippen molar-refractivity contribution in [3.05, 3.63) is 51.2 Å². The summed E-state index contributed by atoms with van der Waals surface area (Å²) in [6.45, 7) is 16.5. The minimum absolute atomic E-state index is 0. The molecule has 0 aliphatic heterocycles. The van der Waals surface area contributed by atoms with E-state index in [2.05, 4.69) is 66.3 Å². The van der Waals surface area contributed by atoms with Crippen LogP contribution in [0.15, 0.2) is 17.3 Å². The molecular weight excluding hydrogens is 435 g/mol. The molecule has 0 bridgehead atoms. The standard InChI is InChI=1S/C21H31Si.3ClH.Ti/c1-8-9-14-22(7,20-12-10-11-13-20)21-18(5)16(3)15(2)17(4)19(21)6;;;;/h10,12H,8-9,11,14H2,1-7H3;3*1H;/q-1;;;;+4/p-3. The number of hydrogen-bond donors (Lipinski definition) is 0. The largest absolute Gasteiger partial charge is 4.00 e. The smallest absolute Gasteiger partial charge is 1.00 e. The molecule has 1 aliphatic carbocycles. The fourth-order valence-electron chi connectivity index (χ4n) is 4.04. The summed E-state index contributed by atoms with van der Waals surface area (Å²) in [5.41, 5.74) is 7.55. The van der Waals surface area contributed by atoms with Gasteiger partial charge in [0.05, 0.1) is 8.07 Å². The van der Waals surface area contributed by atoms with E-state index in [9.17, 15) is 0 Å². The first-order valence-corrected chi connectivity index (χ1v) is 11.4. The van der Waals surface area contributed by atoms with E-state index in [1.54, 1.807) is 16.3 Å². The summed E-state index contributed by atoms with van der Waals surface area (Å²) < 4.78 is 0. The molecule has 1 aromatic rings. The van der Waals surface area contributed by atoms with Gasteiger partial charge in [-0.2, -0.15) is 6.08 Å². The maximum Gasteiger partial charge on any atom is 4.00 e. The second kappa shape index (κ2) is 12.9. The SMILES string of the molecule is CCCC[Si](C)(C1=[C-]CC=C1)c1c(C)c(C)c(C)c(C)c1C.[Cl-].[Cl-].[Cl-].[Ti+4]. The molecule has 0 spiro atoms. The molecule has 0 saturated heterocycles. The molecule has 0 saturated carbocycles. The first kappa shape index (κ1) is 31.2. The Morgan fingerprint density at radius 1 is 0.885 bits per heavy atom. The summed E-state index contributed by atoms with van der Waals surface area (Å²) in [4.78, 5) is 0. The maximum atomic E-state index is 3.68. The van der Waals surface area contributed by atoms with Gasteiger partial charge in [-0.3, -0.25) is 6.08 Å². The number of benzene rings is 1. The number of rotatable bonds is 5. The Morgan fingerprint density at radius 2 is 1.35 bits per heavy atom. The molecule has 2 rings (SSSR count). The molecule has 1 aromatic carbocycles. The molecule has 5 heteroatoms. The minimum Gasteiger partial charge on any atom is -1.00 e. The predicted octanol–water partition coefficient (Wildman–Crippen LogP) is -3.45. The van der Waals surface area contributed by atoms with E-state index in [0.717, 1.165) is 6.42 Å². The molecule has 26 heavy (non-hydrogen) atoms. The molecule has 0 N–H and O–H groups in total. The normalized spacial score (nSPS) is 14.2. The maximum absolute atomic E-state index is 3.68. The van der Waals surface area contributed by atoms with Gasteiger partial charge in [-0.25, -0.2) is 11.3 Å². The third-order valence-electron chi connectivity index (χ3n) is 5.87. The predicted molar refractivity (Wildman–Crippen MR) is 102 cm³/mol. The third kappa shape index (κ3) is 5.75. The van der Waals surface area contributed by atoms with E-state index in [1.165, 1.54) is 40.8 Å². The Balaban J connectivity index is -0.00000132. The van der Waals surface area contributed by atoms with Crippen molar-refractivity contribution < 1.29 is 58.9 Å². The van der Waals surface area contributed by atoms with Crippen LogP contribution in [-0.2, 0) is 21.7 Å². The van der Waals surface area contributed by atoms with E-state index >= 15 is 0 Å². The number of halogens is 3. The zero-order chi connectivity index (χ0) is 16.5. The van der Waals surface area contributed by atoms with Crippen molar-refractivity contribution in [2.45, 2.75) is 73.4 Å². The van der Waals surface area contributed by atoms with Gasteiger partial charge in [0.2, 0.25) is 0 Å². The van der Waals surface area contributed by atoms with Crippen LogP contribution < -0.4 is 42.4 Å². The van der Waals surface area contributed by atoms with Crippen LogP contribution in [0.5, 0.6) is 0 Å². The van der Waals surface area contributed by atoms with Crippen molar-refractivity contribution >= 4 is 13.3 Å². The molecule has 0 nitrogen and oxygen atoms in total. The second-order valence-corrected chi connectivity index (χ2v) is 11.3. The van der Waals surface area contributed by atoms with Crippen molar-refractivity contribution in [2.24, 2.45) is 0 Å². The van der Waals surface area contributed by atoms with Gasteiger partial charge in [-0.15, -0.1) is 6.42 Å². The monoisotopic (exact) mass is 464 g/mol. The second-order valence-electron chi connectivity index (χ2n) is 7.13. The first-order valence-electron chi connectivity index (χ1n) is 8.69. The molecule has 1 unspecified atom stereocenters. The molecule has 1 aliphatic rings. The van der Waals surface area contributed by atoms with Gasteiger partial charge in [0, 0.05) is 0 Å². The summed E-state index contributed by atoms with van der Waals surface area (Å²) in [7, 11) is -1.67. The minimum atomic E-state index is -1.67. The van der Waals surface area contributed by atoms with E-state index in [0.29, 0.717) is 0 Å². The number of hydrogen-bond acceptors (Lipinski definition) is 0. The van der Waals surface area contributed by atoms with Crippen molar-refractivity contribution in [1.29, 1.82) is 0 Å². The summed E-state index contributed by atoms with van der Waals surface area (Å²) >= 11 is 0. The van der Waals surface area contributed by atoms with Gasteiger partial charge in [-0.1, -0.05) is 37.5 Å². The summed E-state index contributed by atoms with van der Waals surface area (Å²) in [6, 6.07) is 1.35. The van der Waals surface area contributed by atoms with E-state index in [-0.39, 0.29) is 58.9 Å². The van der Waals surface area contributed by atoms with Gasteiger partial charge in [-0.05, 0) is 62.4 Å². The molecule has 0 heterocycles. The molecule has 144 valence electrons. The topological polar surface area (TPSA) is 0 Å². The van der Waals surface area contributed by atoms with Crippen LogP contribution in [0.1, 0.15) is 54.0 Å². The van der Waals surface area contributed by atoms with Crippen molar-refractivity contribution in [3.8, 4) is 0 Å². The average Bonchev–Trinajstić information content (AvgIpc) is 3.04. The van der Waals surface area contributed by atoms with Crippen LogP contribution >= 0.6 is 0 Å². The van der Waals surface area contributed by atoms with Crippen LogP contribution in [0.4, 0.5) is 0 Å². The Hall–Kier alpha value is 0.501. The van der Waals surface area contributed by atoms with E-state index in [4.69, 9.17) is 0 Å². The molecule has 0 aromatic heterocycles. The van der Waals surface area contributed by atoms with E-state index in [1.807, 2.05) is 0 Å². The summed E-state index contributed by atoms with van der Waals surface area (Å²) in [5.74, 6) is 0. The van der Waals surface area contributed by atoms with Crippen LogP contribution in [0.25, 0.3) is 0 Å². The van der Waals surface area contributed by atoms with Gasteiger partial charge < -0.3 is 37.2 Å². The Kier molecular flexibility index (Phi) is 15.4. The number of unbranched alkanes of at least 4 members (excludes halogenated alkanes) is 1. The van der Waals surface area contributed by atoms with E-state index < -0.39 is 8.07 Å². The van der Waals surface area contributed by atoms with Crippen molar-refractivity contribution in [2.75, 3.05) is 0 Å². The van der Waals surface area contributed by atoms with Gasteiger partial charge in [0.15, 0.2) is 0 Å².